The van der Waals surface area contributed by atoms with Crippen molar-refractivity contribution in [3.05, 3.63) is 23.8 Å². The number of hydrogen-bond donors (Lipinski definition) is 1. The highest BCUT2D eigenvalue weighted by atomic mass is 16.5. The van der Waals surface area contributed by atoms with Gasteiger partial charge in [-0.05, 0) is 68.7 Å². The van der Waals surface area contributed by atoms with Crippen molar-refractivity contribution in [3.8, 4) is 11.5 Å². The second-order valence-corrected chi connectivity index (χ2v) is 6.67. The molecular formula is C18H27NO2. The lowest BCUT2D eigenvalue weighted by Crippen LogP contribution is -2.28. The molecular weight excluding hydrogens is 262 g/mol. The molecule has 3 heteroatoms. The van der Waals surface area contributed by atoms with Crippen LogP contribution in [0.1, 0.15) is 44.2 Å². The summed E-state index contributed by atoms with van der Waals surface area (Å²) in [4.78, 5) is 0. The quantitative estimate of drug-likeness (QED) is 0.864. The Hall–Kier alpha value is -1.22. The van der Waals surface area contributed by atoms with Crippen LogP contribution in [0, 0.1) is 17.8 Å². The van der Waals surface area contributed by atoms with E-state index in [1.807, 2.05) is 12.1 Å². The van der Waals surface area contributed by atoms with E-state index in [0.717, 1.165) is 35.8 Å². The molecule has 2 aliphatic carbocycles. The second-order valence-electron chi connectivity index (χ2n) is 6.67. The van der Waals surface area contributed by atoms with Crippen LogP contribution in [0.25, 0.3) is 0 Å². The summed E-state index contributed by atoms with van der Waals surface area (Å²) < 4.78 is 10.8. The first-order valence-corrected chi connectivity index (χ1v) is 8.16. The maximum Gasteiger partial charge on any atom is 0.123 e. The number of methoxy groups -OCH3 is 2. The summed E-state index contributed by atoms with van der Waals surface area (Å²) in [6, 6.07) is 6.31. The Morgan fingerprint density at radius 1 is 1.19 bits per heavy atom. The maximum atomic E-state index is 5.49. The van der Waals surface area contributed by atoms with Crippen molar-refractivity contribution in [2.75, 3.05) is 20.8 Å². The predicted octanol–water partition coefficient (Wildman–Crippen LogP) is 3.79. The maximum absolute atomic E-state index is 5.49. The van der Waals surface area contributed by atoms with Crippen LogP contribution >= 0.6 is 0 Å². The second kappa shape index (κ2) is 6.27. The van der Waals surface area contributed by atoms with Gasteiger partial charge in [0, 0.05) is 11.6 Å². The zero-order valence-electron chi connectivity index (χ0n) is 13.4. The van der Waals surface area contributed by atoms with Gasteiger partial charge in [-0.2, -0.15) is 0 Å². The third kappa shape index (κ3) is 3.03. The third-order valence-corrected chi connectivity index (χ3v) is 5.47. The lowest BCUT2D eigenvalue weighted by atomic mass is 9.88. The molecule has 2 saturated carbocycles. The van der Waals surface area contributed by atoms with Crippen molar-refractivity contribution in [1.82, 2.24) is 5.32 Å². The molecule has 1 aromatic carbocycles. The van der Waals surface area contributed by atoms with Crippen LogP contribution in [0.4, 0.5) is 0 Å². The monoisotopic (exact) mass is 289 g/mol. The molecule has 1 N–H and O–H groups in total. The molecule has 2 aliphatic rings. The van der Waals surface area contributed by atoms with Crippen molar-refractivity contribution in [2.24, 2.45) is 17.8 Å². The predicted molar refractivity (Wildman–Crippen MR) is 84.9 cm³/mol. The standard InChI is InChI=1S/C18H27NO2/c1-12(17-10-16(20-2)6-7-18(17)21-3)19-11-15-9-13-4-5-14(15)8-13/h6-7,10,12-15,19H,4-5,8-9,11H2,1-3H3. The molecule has 1 aromatic rings. The van der Waals surface area contributed by atoms with Crippen LogP contribution in [-0.4, -0.2) is 20.8 Å². The van der Waals surface area contributed by atoms with E-state index in [9.17, 15) is 0 Å². The molecule has 0 heterocycles. The molecule has 0 spiro atoms. The average Bonchev–Trinajstić information content (AvgIpc) is 3.14. The van der Waals surface area contributed by atoms with E-state index in [4.69, 9.17) is 9.47 Å². The molecule has 4 unspecified atom stereocenters. The van der Waals surface area contributed by atoms with Gasteiger partial charge >= 0.3 is 0 Å². The molecule has 2 fully saturated rings. The molecule has 21 heavy (non-hydrogen) atoms. The Balaban J connectivity index is 1.63. The molecule has 0 amide bonds. The Morgan fingerprint density at radius 3 is 2.67 bits per heavy atom. The van der Waals surface area contributed by atoms with Crippen molar-refractivity contribution < 1.29 is 9.47 Å². The molecule has 2 bridgehead atoms. The molecule has 0 radical (unpaired) electrons. The van der Waals surface area contributed by atoms with Crippen molar-refractivity contribution in [2.45, 2.75) is 38.6 Å². The topological polar surface area (TPSA) is 30.5 Å². The van der Waals surface area contributed by atoms with Crippen LogP contribution in [0.2, 0.25) is 0 Å². The van der Waals surface area contributed by atoms with Gasteiger partial charge in [-0.3, -0.25) is 0 Å². The largest absolute Gasteiger partial charge is 0.497 e. The number of nitrogens with one attached hydrogen (secondary N) is 1. The zero-order chi connectivity index (χ0) is 14.8. The SMILES string of the molecule is COc1ccc(OC)c(C(C)NCC2CC3CCC2C3)c1. The highest BCUT2D eigenvalue weighted by Gasteiger charge is 2.39. The molecule has 0 saturated heterocycles. The minimum Gasteiger partial charge on any atom is -0.497 e. The van der Waals surface area contributed by atoms with Gasteiger partial charge < -0.3 is 14.8 Å². The van der Waals surface area contributed by atoms with Crippen LogP contribution < -0.4 is 14.8 Å². The fourth-order valence-electron chi connectivity index (χ4n) is 4.24. The van der Waals surface area contributed by atoms with Crippen LogP contribution in [0.15, 0.2) is 18.2 Å². The fourth-order valence-corrected chi connectivity index (χ4v) is 4.24. The van der Waals surface area contributed by atoms with Gasteiger partial charge in [0.2, 0.25) is 0 Å². The van der Waals surface area contributed by atoms with Gasteiger partial charge in [-0.25, -0.2) is 0 Å². The molecule has 4 atom stereocenters. The third-order valence-electron chi connectivity index (χ3n) is 5.47. The molecule has 0 aromatic heterocycles. The van der Waals surface area contributed by atoms with Crippen LogP contribution in [0.5, 0.6) is 11.5 Å². The molecule has 3 nitrogen and oxygen atoms in total. The summed E-state index contributed by atoms with van der Waals surface area (Å²) in [5.41, 5.74) is 1.18. The highest BCUT2D eigenvalue weighted by molar-refractivity contribution is 5.42. The van der Waals surface area contributed by atoms with E-state index in [1.165, 1.54) is 31.2 Å². The zero-order valence-corrected chi connectivity index (χ0v) is 13.4. The molecule has 0 aliphatic heterocycles. The fraction of sp³-hybridized carbons (Fsp3) is 0.667. The smallest absolute Gasteiger partial charge is 0.123 e. The minimum atomic E-state index is 0.286. The normalized spacial score (nSPS) is 28.6. The summed E-state index contributed by atoms with van der Waals surface area (Å²) in [5, 5.41) is 3.72. The Kier molecular flexibility index (Phi) is 4.39. The van der Waals surface area contributed by atoms with E-state index >= 15 is 0 Å². The number of ether oxygens (including phenoxy) is 2. The Bertz CT molecular complexity index is 488. The highest BCUT2D eigenvalue weighted by Crippen LogP contribution is 2.48. The summed E-state index contributed by atoms with van der Waals surface area (Å²) in [7, 11) is 3.44. The lowest BCUT2D eigenvalue weighted by Gasteiger charge is -2.25. The number of benzene rings is 1. The van der Waals surface area contributed by atoms with Gasteiger partial charge in [-0.15, -0.1) is 0 Å². The van der Waals surface area contributed by atoms with Gasteiger partial charge in [0.25, 0.3) is 0 Å². The van der Waals surface area contributed by atoms with Crippen molar-refractivity contribution in [3.63, 3.8) is 0 Å². The van der Waals surface area contributed by atoms with E-state index in [1.54, 1.807) is 14.2 Å². The van der Waals surface area contributed by atoms with Gasteiger partial charge in [0.15, 0.2) is 0 Å². The Morgan fingerprint density at radius 2 is 2.05 bits per heavy atom. The van der Waals surface area contributed by atoms with Crippen molar-refractivity contribution in [1.29, 1.82) is 0 Å². The van der Waals surface area contributed by atoms with E-state index in [0.29, 0.717) is 0 Å². The number of hydrogen-bond acceptors (Lipinski definition) is 3. The van der Waals surface area contributed by atoms with Crippen molar-refractivity contribution >= 4 is 0 Å². The minimum absolute atomic E-state index is 0.286. The first kappa shape index (κ1) is 14.7. The van der Waals surface area contributed by atoms with Crippen LogP contribution in [0.3, 0.4) is 0 Å². The summed E-state index contributed by atoms with van der Waals surface area (Å²) in [6.45, 7) is 3.34. The number of rotatable bonds is 6. The molecule has 3 rings (SSSR count). The van der Waals surface area contributed by atoms with E-state index < -0.39 is 0 Å². The van der Waals surface area contributed by atoms with Gasteiger partial charge in [-0.1, -0.05) is 6.42 Å². The summed E-state index contributed by atoms with van der Waals surface area (Å²) in [6.07, 6.45) is 5.83. The van der Waals surface area contributed by atoms with Crippen LogP contribution in [-0.2, 0) is 0 Å². The molecule has 116 valence electrons. The Labute approximate surface area is 128 Å². The first-order valence-electron chi connectivity index (χ1n) is 8.16. The first-order chi connectivity index (χ1) is 10.2. The summed E-state index contributed by atoms with van der Waals surface area (Å²) >= 11 is 0. The van der Waals surface area contributed by atoms with E-state index in [2.05, 4.69) is 18.3 Å². The van der Waals surface area contributed by atoms with E-state index in [-0.39, 0.29) is 6.04 Å². The lowest BCUT2D eigenvalue weighted by molar-refractivity contribution is 0.307. The summed E-state index contributed by atoms with van der Waals surface area (Å²) in [5.74, 6) is 4.69. The number of fused-ring (bicyclic) bond motifs is 2. The van der Waals surface area contributed by atoms with Gasteiger partial charge in [0.05, 0.1) is 14.2 Å². The van der Waals surface area contributed by atoms with Gasteiger partial charge in [0.1, 0.15) is 11.5 Å². The average molecular weight is 289 g/mol.